The van der Waals surface area contributed by atoms with Crippen LogP contribution in [0.1, 0.15) is 41.8 Å². The number of nitrogens with one attached hydrogen (secondary N) is 3. The van der Waals surface area contributed by atoms with Gasteiger partial charge in [0.2, 0.25) is 5.91 Å². The van der Waals surface area contributed by atoms with Crippen LogP contribution in [-0.4, -0.2) is 48.6 Å². The highest BCUT2D eigenvalue weighted by Gasteiger charge is 2.20. The van der Waals surface area contributed by atoms with E-state index >= 15 is 0 Å². The summed E-state index contributed by atoms with van der Waals surface area (Å²) in [6, 6.07) is 13.3. The maximum absolute atomic E-state index is 12.3. The van der Waals surface area contributed by atoms with Crippen LogP contribution in [0.5, 0.6) is 5.75 Å². The lowest BCUT2D eigenvalue weighted by molar-refractivity contribution is -0.130. The maximum Gasteiger partial charge on any atom is 0.258 e. The van der Waals surface area contributed by atoms with E-state index in [9.17, 15) is 14.4 Å². The lowest BCUT2D eigenvalue weighted by Crippen LogP contribution is -2.49. The average Bonchev–Trinajstić information content (AvgIpc) is 2.82. The first-order chi connectivity index (χ1) is 15.5. The van der Waals surface area contributed by atoms with Crippen LogP contribution >= 0.6 is 9.90 Å². The number of aliphatic hydroxyl groups is 1. The minimum Gasteiger partial charge on any atom is -0.484 e. The van der Waals surface area contributed by atoms with E-state index in [-0.39, 0.29) is 47.9 Å². The van der Waals surface area contributed by atoms with Crippen molar-refractivity contribution < 1.29 is 24.2 Å². The summed E-state index contributed by atoms with van der Waals surface area (Å²) < 4.78 is 5.43. The van der Waals surface area contributed by atoms with E-state index in [1.54, 1.807) is 43.3 Å². The smallest absolute Gasteiger partial charge is 0.258 e. The normalized spacial score (nSPS) is 11.0. The summed E-state index contributed by atoms with van der Waals surface area (Å²) in [5.74, 6) is -0.528. The Hall–Kier alpha value is -2.96. The molecule has 0 saturated heterocycles. The zero-order valence-corrected chi connectivity index (χ0v) is 20.6. The van der Waals surface area contributed by atoms with Gasteiger partial charge in [-0.2, -0.15) is 9.90 Å². The number of carbonyl (C=O) groups excluding carboxylic acids is 3. The van der Waals surface area contributed by atoms with Gasteiger partial charge < -0.3 is 25.8 Å². The quantitative estimate of drug-likeness (QED) is 0.348. The van der Waals surface area contributed by atoms with Gasteiger partial charge in [-0.3, -0.25) is 14.4 Å². The van der Waals surface area contributed by atoms with Gasteiger partial charge in [-0.15, -0.1) is 0 Å². The molecule has 0 aliphatic carbocycles. The van der Waals surface area contributed by atoms with Gasteiger partial charge in [-0.1, -0.05) is 31.2 Å². The molecule has 0 aliphatic rings. The van der Waals surface area contributed by atoms with Gasteiger partial charge in [0.05, 0.1) is 6.61 Å². The molecule has 0 spiro atoms. The Morgan fingerprint density at radius 2 is 1.58 bits per heavy atom. The minimum absolute atomic E-state index is 0. The van der Waals surface area contributed by atoms with Crippen molar-refractivity contribution in [1.82, 2.24) is 16.0 Å². The van der Waals surface area contributed by atoms with E-state index in [0.717, 1.165) is 17.5 Å². The summed E-state index contributed by atoms with van der Waals surface area (Å²) in [4.78, 5) is 36.9. The van der Waals surface area contributed by atoms with E-state index in [1.165, 1.54) is 0 Å². The van der Waals surface area contributed by atoms with Gasteiger partial charge in [0.1, 0.15) is 11.8 Å². The van der Waals surface area contributed by atoms with Crippen LogP contribution in [0.15, 0.2) is 48.5 Å². The molecule has 2 rings (SSSR count). The molecule has 9 heteroatoms. The number of likely N-dealkylation sites (N-methyl/N-ethyl adjacent to an activating group) is 1. The molecule has 0 heterocycles. The Morgan fingerprint density at radius 1 is 0.939 bits per heavy atom. The van der Waals surface area contributed by atoms with Gasteiger partial charge >= 0.3 is 0 Å². The number of benzene rings is 2. The van der Waals surface area contributed by atoms with Crippen LogP contribution in [0.2, 0.25) is 0 Å². The van der Waals surface area contributed by atoms with E-state index in [0.29, 0.717) is 17.9 Å². The third-order valence-corrected chi connectivity index (χ3v) is 4.82. The number of rotatable bonds is 12. The van der Waals surface area contributed by atoms with Crippen molar-refractivity contribution in [3.8, 4) is 5.75 Å². The topological polar surface area (TPSA) is 117 Å². The number of carbonyl (C=O) groups is 3. The summed E-state index contributed by atoms with van der Waals surface area (Å²) in [6.07, 6.45) is 1.13. The fourth-order valence-electron chi connectivity index (χ4n) is 2.97. The largest absolute Gasteiger partial charge is 0.484 e. The van der Waals surface area contributed by atoms with Crippen LogP contribution in [0.4, 0.5) is 0 Å². The highest BCUT2D eigenvalue weighted by atomic mass is 31.0. The first-order valence-electron chi connectivity index (χ1n) is 10.7. The Balaban J connectivity index is 0.00000544. The Bertz CT molecular complexity index is 888. The zero-order chi connectivity index (χ0) is 23.3. The van der Waals surface area contributed by atoms with Crippen molar-refractivity contribution in [1.29, 1.82) is 0 Å². The second-order valence-electron chi connectivity index (χ2n) is 7.20. The number of hydrogen-bond donors (Lipinski definition) is 4. The molecule has 3 amide bonds. The second kappa shape index (κ2) is 15.0. The number of hydrogen-bond acceptors (Lipinski definition) is 5. The molecule has 2 atom stereocenters. The molecule has 2 aromatic carbocycles. The van der Waals surface area contributed by atoms with Crippen molar-refractivity contribution >= 4 is 27.6 Å². The number of aliphatic hydroxyl groups excluding tert-OH is 1. The molecule has 0 aromatic heterocycles. The minimum atomic E-state index is -0.800. The van der Waals surface area contributed by atoms with Crippen molar-refractivity contribution in [3.63, 3.8) is 0 Å². The fourth-order valence-corrected chi connectivity index (χ4v) is 2.97. The molecule has 33 heavy (non-hydrogen) atoms. The number of ether oxygens (including phenoxy) is 1. The molecular formula is C24H34N3O5P. The molecule has 2 unspecified atom stereocenters. The lowest BCUT2D eigenvalue weighted by atomic mass is 10.1. The predicted molar refractivity (Wildman–Crippen MR) is 132 cm³/mol. The number of amides is 3. The SMILES string of the molecule is CCNC(=O)C(CCNC(=O)c1ccc(CC)cc1)NC(=O)COc1ccc(CO)cc1.P. The van der Waals surface area contributed by atoms with Crippen molar-refractivity contribution in [2.24, 2.45) is 0 Å². The van der Waals surface area contributed by atoms with Gasteiger partial charge in [-0.25, -0.2) is 0 Å². The molecule has 0 saturated carbocycles. The Morgan fingerprint density at radius 3 is 2.15 bits per heavy atom. The summed E-state index contributed by atoms with van der Waals surface area (Å²) in [5.41, 5.74) is 2.43. The second-order valence-corrected chi connectivity index (χ2v) is 7.20. The molecule has 0 radical (unpaired) electrons. The zero-order valence-electron chi connectivity index (χ0n) is 19.2. The molecule has 8 nitrogen and oxygen atoms in total. The summed E-state index contributed by atoms with van der Waals surface area (Å²) in [7, 11) is 0. The first-order valence-corrected chi connectivity index (χ1v) is 10.7. The molecule has 180 valence electrons. The summed E-state index contributed by atoms with van der Waals surface area (Å²) in [5, 5.41) is 17.2. The predicted octanol–water partition coefficient (Wildman–Crippen LogP) is 1.62. The molecule has 0 aliphatic heterocycles. The highest BCUT2D eigenvalue weighted by molar-refractivity contribution is 6.92. The Kier molecular flexibility index (Phi) is 12.7. The van der Waals surface area contributed by atoms with Crippen molar-refractivity contribution in [3.05, 3.63) is 65.2 Å². The van der Waals surface area contributed by atoms with Gasteiger partial charge in [-0.05, 0) is 55.2 Å². The van der Waals surface area contributed by atoms with Crippen LogP contribution < -0.4 is 20.7 Å². The van der Waals surface area contributed by atoms with Crippen molar-refractivity contribution in [2.75, 3.05) is 19.7 Å². The third-order valence-electron chi connectivity index (χ3n) is 4.82. The van der Waals surface area contributed by atoms with Crippen LogP contribution in [0.3, 0.4) is 0 Å². The van der Waals surface area contributed by atoms with Gasteiger partial charge in [0.25, 0.3) is 11.8 Å². The van der Waals surface area contributed by atoms with E-state index in [1.807, 2.05) is 19.1 Å². The van der Waals surface area contributed by atoms with Crippen molar-refractivity contribution in [2.45, 2.75) is 39.3 Å². The summed E-state index contributed by atoms with van der Waals surface area (Å²) in [6.45, 7) is 4.15. The van der Waals surface area contributed by atoms with E-state index in [4.69, 9.17) is 9.84 Å². The molecule has 0 fully saturated rings. The highest BCUT2D eigenvalue weighted by Crippen LogP contribution is 2.12. The van der Waals surface area contributed by atoms with Gasteiger partial charge in [0, 0.05) is 18.7 Å². The standard InChI is InChI=1S/C24H31N3O5.H3P/c1-3-17-5-9-19(10-6-17)23(30)26-14-13-21(24(31)25-4-2)27-22(29)16-32-20-11-7-18(15-28)8-12-20;/h5-12,21,28H,3-4,13-16H2,1-2H3,(H,25,31)(H,26,30)(H,27,29);1H3. The van der Waals surface area contributed by atoms with E-state index < -0.39 is 11.9 Å². The molecule has 2 aromatic rings. The van der Waals surface area contributed by atoms with Crippen LogP contribution in [0, 0.1) is 0 Å². The molecular weight excluding hydrogens is 441 g/mol. The Labute approximate surface area is 198 Å². The number of aryl methyl sites for hydroxylation is 1. The van der Waals surface area contributed by atoms with E-state index in [2.05, 4.69) is 16.0 Å². The lowest BCUT2D eigenvalue weighted by Gasteiger charge is -2.18. The summed E-state index contributed by atoms with van der Waals surface area (Å²) >= 11 is 0. The monoisotopic (exact) mass is 475 g/mol. The van der Waals surface area contributed by atoms with Crippen LogP contribution in [-0.2, 0) is 22.6 Å². The third kappa shape index (κ3) is 9.60. The molecule has 4 N–H and O–H groups in total. The maximum atomic E-state index is 12.3. The van der Waals surface area contributed by atoms with Gasteiger partial charge in [0.15, 0.2) is 6.61 Å². The fraction of sp³-hybridized carbons (Fsp3) is 0.375. The van der Waals surface area contributed by atoms with Crippen LogP contribution in [0.25, 0.3) is 0 Å². The average molecular weight is 476 g/mol. The molecule has 0 bridgehead atoms. The first kappa shape index (κ1) is 28.1.